The lowest BCUT2D eigenvalue weighted by atomic mass is 10.0. The molecule has 4 aromatic carbocycles. The molecule has 0 heterocycles. The van der Waals surface area contributed by atoms with Gasteiger partial charge in [-0.15, -0.1) is 0 Å². The molecule has 0 saturated carbocycles. The van der Waals surface area contributed by atoms with Crippen LogP contribution in [0.1, 0.15) is 48.4 Å². The SMILES string of the molecule is CCCCCOc1cc(F)c(CCc2ccc(C#Cc3ccc4cc(F)ccc4c3)cc2)c(F)c1. The predicted octanol–water partition coefficient (Wildman–Crippen LogP) is 8.01. The highest BCUT2D eigenvalue weighted by Crippen LogP contribution is 2.23. The Morgan fingerprint density at radius 3 is 2.09 bits per heavy atom. The van der Waals surface area contributed by atoms with Gasteiger partial charge in [-0.2, -0.15) is 0 Å². The highest BCUT2D eigenvalue weighted by Gasteiger charge is 2.12. The van der Waals surface area contributed by atoms with Gasteiger partial charge in [-0.1, -0.05) is 55.9 Å². The molecule has 0 N–H and O–H groups in total. The number of halogens is 3. The molecule has 1 nitrogen and oxygen atoms in total. The smallest absolute Gasteiger partial charge is 0.133 e. The van der Waals surface area contributed by atoms with Crippen molar-refractivity contribution in [2.24, 2.45) is 0 Å². The molecule has 0 aliphatic heterocycles. The van der Waals surface area contributed by atoms with Crippen molar-refractivity contribution in [1.29, 1.82) is 0 Å². The fourth-order valence-corrected chi connectivity index (χ4v) is 3.91. The highest BCUT2D eigenvalue weighted by molar-refractivity contribution is 5.84. The third-order valence-corrected chi connectivity index (χ3v) is 5.90. The van der Waals surface area contributed by atoms with Gasteiger partial charge in [-0.25, -0.2) is 13.2 Å². The van der Waals surface area contributed by atoms with Crippen LogP contribution >= 0.6 is 0 Å². The van der Waals surface area contributed by atoms with Gasteiger partial charge in [-0.3, -0.25) is 0 Å². The molecule has 0 aromatic heterocycles. The van der Waals surface area contributed by atoms with Crippen LogP contribution in [-0.2, 0) is 12.8 Å². The minimum Gasteiger partial charge on any atom is -0.493 e. The lowest BCUT2D eigenvalue weighted by Crippen LogP contribution is -2.02. The van der Waals surface area contributed by atoms with Crippen molar-refractivity contribution in [3.8, 4) is 17.6 Å². The monoisotopic (exact) mass is 472 g/mol. The van der Waals surface area contributed by atoms with Gasteiger partial charge in [0.05, 0.1) is 6.61 Å². The topological polar surface area (TPSA) is 9.23 Å². The highest BCUT2D eigenvalue weighted by atomic mass is 19.1. The van der Waals surface area contributed by atoms with E-state index in [9.17, 15) is 13.2 Å². The van der Waals surface area contributed by atoms with E-state index >= 15 is 0 Å². The molecule has 0 bridgehead atoms. The molecule has 4 heteroatoms. The Hall–Kier alpha value is -3.71. The van der Waals surface area contributed by atoms with Gasteiger partial charge in [0.25, 0.3) is 0 Å². The Balaban J connectivity index is 1.37. The fourth-order valence-electron chi connectivity index (χ4n) is 3.91. The first-order valence-electron chi connectivity index (χ1n) is 11.9. The van der Waals surface area contributed by atoms with Crippen molar-refractivity contribution in [2.45, 2.75) is 39.0 Å². The summed E-state index contributed by atoms with van der Waals surface area (Å²) in [5.74, 6) is 5.09. The zero-order valence-corrected chi connectivity index (χ0v) is 19.7. The summed E-state index contributed by atoms with van der Waals surface area (Å²) >= 11 is 0. The molecular formula is C31H27F3O. The van der Waals surface area contributed by atoms with Crippen LogP contribution in [0, 0.1) is 29.3 Å². The quantitative estimate of drug-likeness (QED) is 0.186. The van der Waals surface area contributed by atoms with Gasteiger partial charge in [0, 0.05) is 28.8 Å². The molecule has 4 aromatic rings. The zero-order valence-electron chi connectivity index (χ0n) is 19.7. The summed E-state index contributed by atoms with van der Waals surface area (Å²) in [5.41, 5.74) is 2.74. The Morgan fingerprint density at radius 1 is 0.686 bits per heavy atom. The number of unbranched alkanes of at least 4 members (excludes halogenated alkanes) is 2. The number of hydrogen-bond acceptors (Lipinski definition) is 1. The summed E-state index contributed by atoms with van der Waals surface area (Å²) in [7, 11) is 0. The summed E-state index contributed by atoms with van der Waals surface area (Å²) in [6.45, 7) is 2.55. The van der Waals surface area contributed by atoms with Gasteiger partial charge in [-0.05, 0) is 72.0 Å². The van der Waals surface area contributed by atoms with E-state index in [-0.39, 0.29) is 23.6 Å². The molecule has 0 aliphatic rings. The van der Waals surface area contributed by atoms with Crippen molar-refractivity contribution in [3.63, 3.8) is 0 Å². The van der Waals surface area contributed by atoms with E-state index in [1.165, 1.54) is 24.3 Å². The molecule has 0 spiro atoms. The molecule has 0 radical (unpaired) electrons. The Labute approximate surface area is 204 Å². The molecule has 0 saturated heterocycles. The maximum atomic E-state index is 14.5. The van der Waals surface area contributed by atoms with Crippen LogP contribution in [0.15, 0.2) is 72.8 Å². The normalized spacial score (nSPS) is 10.7. The molecule has 178 valence electrons. The second kappa shape index (κ2) is 11.6. The van der Waals surface area contributed by atoms with E-state index in [4.69, 9.17) is 4.74 Å². The van der Waals surface area contributed by atoms with E-state index in [2.05, 4.69) is 18.8 Å². The van der Waals surface area contributed by atoms with Crippen LogP contribution in [0.2, 0.25) is 0 Å². The average molecular weight is 473 g/mol. The molecule has 0 aliphatic carbocycles. The maximum absolute atomic E-state index is 14.5. The number of ether oxygens (including phenoxy) is 1. The number of hydrogen-bond donors (Lipinski definition) is 0. The first kappa shape index (κ1) is 24.4. The van der Waals surface area contributed by atoms with Crippen LogP contribution in [0.5, 0.6) is 5.75 Å². The van der Waals surface area contributed by atoms with Crippen molar-refractivity contribution in [3.05, 3.63) is 113 Å². The molecule has 35 heavy (non-hydrogen) atoms. The minimum atomic E-state index is -0.573. The molecule has 0 unspecified atom stereocenters. The molecule has 0 atom stereocenters. The second-order valence-corrected chi connectivity index (χ2v) is 8.57. The molecule has 0 fully saturated rings. The van der Waals surface area contributed by atoms with E-state index in [0.717, 1.165) is 46.7 Å². The van der Waals surface area contributed by atoms with E-state index < -0.39 is 11.6 Å². The van der Waals surface area contributed by atoms with E-state index in [1.54, 1.807) is 6.07 Å². The standard InChI is InChI=1S/C31H27F3O/c1-2-3-4-17-35-28-20-30(33)29(31(34)21-28)16-12-23-7-5-22(6-8-23)9-10-24-11-13-26-19-27(32)15-14-25(26)18-24/h5-8,11,13-15,18-21H,2-4,12,16-17H2,1H3. The van der Waals surface area contributed by atoms with Crippen molar-refractivity contribution in [1.82, 2.24) is 0 Å². The summed E-state index contributed by atoms with van der Waals surface area (Å²) in [4.78, 5) is 0. The number of fused-ring (bicyclic) bond motifs is 1. The third kappa shape index (κ3) is 6.67. The molecule has 0 amide bonds. The predicted molar refractivity (Wildman–Crippen MR) is 135 cm³/mol. The largest absolute Gasteiger partial charge is 0.493 e. The third-order valence-electron chi connectivity index (χ3n) is 5.90. The first-order chi connectivity index (χ1) is 17.0. The van der Waals surface area contributed by atoms with Gasteiger partial charge < -0.3 is 4.74 Å². The number of aryl methyl sites for hydroxylation is 1. The average Bonchev–Trinajstić information content (AvgIpc) is 2.85. The van der Waals surface area contributed by atoms with Gasteiger partial charge in [0.1, 0.15) is 23.2 Å². The lowest BCUT2D eigenvalue weighted by Gasteiger charge is -2.10. The number of benzene rings is 4. The fraction of sp³-hybridized carbons (Fsp3) is 0.226. The van der Waals surface area contributed by atoms with Crippen LogP contribution < -0.4 is 4.74 Å². The first-order valence-corrected chi connectivity index (χ1v) is 11.9. The summed E-state index contributed by atoms with van der Waals surface area (Å²) in [6.07, 6.45) is 3.73. The number of rotatable bonds is 8. The summed E-state index contributed by atoms with van der Waals surface area (Å²) in [5, 5.41) is 1.77. The van der Waals surface area contributed by atoms with Crippen molar-refractivity contribution in [2.75, 3.05) is 6.61 Å². The molecule has 4 rings (SSSR count). The van der Waals surface area contributed by atoms with Crippen LogP contribution in [0.4, 0.5) is 13.2 Å². The Kier molecular flexibility index (Phi) is 8.11. The second-order valence-electron chi connectivity index (χ2n) is 8.57. The zero-order chi connectivity index (χ0) is 24.6. The van der Waals surface area contributed by atoms with Crippen LogP contribution in [-0.4, -0.2) is 6.61 Å². The maximum Gasteiger partial charge on any atom is 0.133 e. The van der Waals surface area contributed by atoms with Crippen molar-refractivity contribution < 1.29 is 17.9 Å². The van der Waals surface area contributed by atoms with Crippen LogP contribution in [0.25, 0.3) is 10.8 Å². The van der Waals surface area contributed by atoms with Crippen LogP contribution in [0.3, 0.4) is 0 Å². The minimum absolute atomic E-state index is 0.0750. The van der Waals surface area contributed by atoms with Gasteiger partial charge in [0.15, 0.2) is 0 Å². The van der Waals surface area contributed by atoms with Gasteiger partial charge >= 0.3 is 0 Å². The van der Waals surface area contributed by atoms with Gasteiger partial charge in [0.2, 0.25) is 0 Å². The van der Waals surface area contributed by atoms with Crippen molar-refractivity contribution >= 4 is 10.8 Å². The van der Waals surface area contributed by atoms with E-state index in [1.807, 2.05) is 42.5 Å². The summed E-state index contributed by atoms with van der Waals surface area (Å²) < 4.78 is 47.8. The Bertz CT molecular complexity index is 1340. The Morgan fingerprint density at radius 2 is 1.34 bits per heavy atom. The summed E-state index contributed by atoms with van der Waals surface area (Å²) in [6, 6.07) is 20.5. The molecular weight excluding hydrogens is 445 g/mol. The lowest BCUT2D eigenvalue weighted by molar-refractivity contribution is 0.302. The van der Waals surface area contributed by atoms with E-state index in [0.29, 0.717) is 13.0 Å².